The van der Waals surface area contributed by atoms with Crippen LogP contribution < -0.4 is 16.4 Å². The Labute approximate surface area is 268 Å². The molecule has 252 valence electrons. The van der Waals surface area contributed by atoms with Crippen LogP contribution in [-0.4, -0.2) is 43.4 Å². The second-order valence-electron chi connectivity index (χ2n) is 17.2. The van der Waals surface area contributed by atoms with Crippen molar-refractivity contribution in [2.24, 2.45) is 63.9 Å². The minimum atomic E-state index is -0.0775. The zero-order chi connectivity index (χ0) is 31.0. The SMILES string of the molecule is CC(C)C(C)CC[C@@H](C)C1CCC2C3C(O)C[C@H]4C[C@@H](NCCCNCCCCCCCCN)CC[C@]4(C)C3CC[C@@]21C. The molecule has 0 saturated heterocycles. The fourth-order valence-corrected chi connectivity index (χ4v) is 11.2. The van der Waals surface area contributed by atoms with Crippen LogP contribution in [0.4, 0.5) is 0 Å². The molecule has 0 aliphatic heterocycles. The van der Waals surface area contributed by atoms with Gasteiger partial charge in [0.05, 0.1) is 6.10 Å². The van der Waals surface area contributed by atoms with E-state index in [2.05, 4.69) is 52.2 Å². The molecule has 0 amide bonds. The fourth-order valence-electron chi connectivity index (χ4n) is 11.2. The molecule has 5 N–H and O–H groups in total. The molecule has 0 bridgehead atoms. The Bertz CT molecular complexity index is 803. The minimum Gasteiger partial charge on any atom is -0.393 e. The molecule has 0 aromatic heterocycles. The highest BCUT2D eigenvalue weighted by Crippen LogP contribution is 2.68. The molecule has 4 saturated carbocycles. The van der Waals surface area contributed by atoms with Crippen LogP contribution in [0, 0.1) is 58.2 Å². The van der Waals surface area contributed by atoms with E-state index in [4.69, 9.17) is 5.73 Å². The van der Waals surface area contributed by atoms with E-state index in [0.717, 1.165) is 68.1 Å². The van der Waals surface area contributed by atoms with Crippen LogP contribution in [0.25, 0.3) is 0 Å². The van der Waals surface area contributed by atoms with Crippen LogP contribution in [0.15, 0.2) is 0 Å². The lowest BCUT2D eigenvalue weighted by atomic mass is 9.43. The molecule has 0 spiro atoms. The zero-order valence-corrected chi connectivity index (χ0v) is 29.6. The van der Waals surface area contributed by atoms with Gasteiger partial charge in [-0.15, -0.1) is 0 Å². The van der Waals surface area contributed by atoms with Crippen molar-refractivity contribution in [2.45, 2.75) is 163 Å². The predicted molar refractivity (Wildman–Crippen MR) is 185 cm³/mol. The molecule has 4 heteroatoms. The third-order valence-corrected chi connectivity index (χ3v) is 14.4. The fraction of sp³-hybridized carbons (Fsp3) is 1.00. The molecule has 4 nitrogen and oxygen atoms in total. The Kier molecular flexibility index (Phi) is 13.8. The summed E-state index contributed by atoms with van der Waals surface area (Å²) >= 11 is 0. The first-order chi connectivity index (χ1) is 20.6. The van der Waals surface area contributed by atoms with Gasteiger partial charge in [0.15, 0.2) is 0 Å². The number of aliphatic hydroxyl groups excluding tert-OH is 1. The average molecular weight is 602 g/mol. The summed E-state index contributed by atoms with van der Waals surface area (Å²) in [5, 5.41) is 19.4. The lowest BCUT2D eigenvalue weighted by Crippen LogP contribution is -2.59. The average Bonchev–Trinajstić information content (AvgIpc) is 3.34. The summed E-state index contributed by atoms with van der Waals surface area (Å²) in [7, 11) is 0. The van der Waals surface area contributed by atoms with Gasteiger partial charge < -0.3 is 21.5 Å². The van der Waals surface area contributed by atoms with Gasteiger partial charge in [-0.2, -0.15) is 0 Å². The van der Waals surface area contributed by atoms with Crippen LogP contribution >= 0.6 is 0 Å². The van der Waals surface area contributed by atoms with Gasteiger partial charge in [0.2, 0.25) is 0 Å². The zero-order valence-electron chi connectivity index (χ0n) is 29.6. The van der Waals surface area contributed by atoms with Gasteiger partial charge in [0.1, 0.15) is 0 Å². The highest BCUT2D eigenvalue weighted by Gasteiger charge is 2.62. The van der Waals surface area contributed by atoms with Crippen molar-refractivity contribution < 1.29 is 5.11 Å². The summed E-state index contributed by atoms with van der Waals surface area (Å²) in [4.78, 5) is 0. The maximum atomic E-state index is 11.8. The van der Waals surface area contributed by atoms with Gasteiger partial charge in [-0.3, -0.25) is 0 Å². The number of nitrogens with two attached hydrogens (primary N) is 1. The molecular formula is C39H75N3O. The van der Waals surface area contributed by atoms with E-state index >= 15 is 0 Å². The summed E-state index contributed by atoms with van der Waals surface area (Å²) in [5.74, 6) is 6.03. The van der Waals surface area contributed by atoms with Crippen LogP contribution in [0.3, 0.4) is 0 Å². The highest BCUT2D eigenvalue weighted by atomic mass is 16.3. The summed E-state index contributed by atoms with van der Waals surface area (Å²) in [6.07, 6.45) is 22.4. The maximum Gasteiger partial charge on any atom is 0.0577 e. The van der Waals surface area contributed by atoms with Gasteiger partial charge in [0, 0.05) is 6.04 Å². The highest BCUT2D eigenvalue weighted by molar-refractivity contribution is 5.12. The molecule has 4 fully saturated rings. The molecule has 4 aliphatic rings. The summed E-state index contributed by atoms with van der Waals surface area (Å²) < 4.78 is 0. The number of unbranched alkanes of at least 4 members (excludes halogenated alkanes) is 5. The molecule has 0 heterocycles. The Morgan fingerprint density at radius 2 is 1.42 bits per heavy atom. The predicted octanol–water partition coefficient (Wildman–Crippen LogP) is 8.56. The lowest BCUT2D eigenvalue weighted by molar-refractivity contribution is -0.167. The van der Waals surface area contributed by atoms with E-state index in [1.54, 1.807) is 0 Å². The van der Waals surface area contributed by atoms with Gasteiger partial charge in [-0.25, -0.2) is 0 Å². The maximum absolute atomic E-state index is 11.8. The van der Waals surface area contributed by atoms with E-state index < -0.39 is 0 Å². The molecule has 6 unspecified atom stereocenters. The Balaban J connectivity index is 1.20. The Morgan fingerprint density at radius 1 is 0.744 bits per heavy atom. The second-order valence-corrected chi connectivity index (χ2v) is 17.2. The molecule has 0 radical (unpaired) electrons. The van der Waals surface area contributed by atoms with E-state index in [0.29, 0.717) is 28.7 Å². The minimum absolute atomic E-state index is 0.0775. The quantitative estimate of drug-likeness (QED) is 0.119. The van der Waals surface area contributed by atoms with Crippen LogP contribution in [0.5, 0.6) is 0 Å². The number of fused-ring (bicyclic) bond motifs is 5. The van der Waals surface area contributed by atoms with Crippen LogP contribution in [0.2, 0.25) is 0 Å². The van der Waals surface area contributed by atoms with Crippen LogP contribution in [0.1, 0.15) is 151 Å². The smallest absolute Gasteiger partial charge is 0.0577 e. The monoisotopic (exact) mass is 602 g/mol. The van der Waals surface area contributed by atoms with Crippen molar-refractivity contribution in [2.75, 3.05) is 26.2 Å². The molecule has 4 aliphatic carbocycles. The molecule has 11 atom stereocenters. The number of hydrogen-bond acceptors (Lipinski definition) is 4. The van der Waals surface area contributed by atoms with Gasteiger partial charge >= 0.3 is 0 Å². The molecular weight excluding hydrogens is 526 g/mol. The molecule has 4 rings (SSSR count). The summed E-state index contributed by atoms with van der Waals surface area (Å²) in [5.41, 5.74) is 6.47. The van der Waals surface area contributed by atoms with Crippen molar-refractivity contribution in [3.8, 4) is 0 Å². The standard InChI is InChI=1S/C39H75N3O/c1-28(2)29(3)14-15-30(4)33-16-17-34-37-35(19-21-39(33,34)6)38(5)20-18-32(26-31(38)27-36(37)43)42-25-13-24-41-23-12-10-8-7-9-11-22-40/h28-37,41-43H,7-27,40H2,1-6H3/t29?,30-,31-,32+,33?,34?,35?,36?,37?,38+,39-/m1/s1. The van der Waals surface area contributed by atoms with Gasteiger partial charge in [-0.05, 0) is 155 Å². The van der Waals surface area contributed by atoms with Crippen LogP contribution in [-0.2, 0) is 0 Å². The third kappa shape index (κ3) is 8.61. The van der Waals surface area contributed by atoms with Crippen molar-refractivity contribution in [3.63, 3.8) is 0 Å². The van der Waals surface area contributed by atoms with Crippen molar-refractivity contribution >= 4 is 0 Å². The Hall–Kier alpha value is -0.160. The third-order valence-electron chi connectivity index (χ3n) is 14.4. The van der Waals surface area contributed by atoms with Crippen molar-refractivity contribution in [1.82, 2.24) is 10.6 Å². The van der Waals surface area contributed by atoms with Crippen molar-refractivity contribution in [3.05, 3.63) is 0 Å². The molecule has 0 aromatic rings. The summed E-state index contributed by atoms with van der Waals surface area (Å²) in [6.45, 7) is 19.4. The topological polar surface area (TPSA) is 70.3 Å². The van der Waals surface area contributed by atoms with E-state index in [-0.39, 0.29) is 6.10 Å². The number of nitrogens with one attached hydrogen (secondary N) is 2. The molecule has 0 aromatic carbocycles. The number of rotatable bonds is 18. The second kappa shape index (κ2) is 16.6. The summed E-state index contributed by atoms with van der Waals surface area (Å²) in [6, 6.07) is 0.647. The largest absolute Gasteiger partial charge is 0.393 e. The van der Waals surface area contributed by atoms with Gasteiger partial charge in [0.25, 0.3) is 0 Å². The number of aliphatic hydroxyl groups is 1. The normalized spacial score (nSPS) is 38.9. The van der Waals surface area contributed by atoms with Gasteiger partial charge in [-0.1, -0.05) is 80.1 Å². The molecule has 43 heavy (non-hydrogen) atoms. The first kappa shape index (κ1) is 35.7. The van der Waals surface area contributed by atoms with E-state index in [1.807, 2.05) is 0 Å². The first-order valence-electron chi connectivity index (χ1n) is 19.4. The Morgan fingerprint density at radius 3 is 2.16 bits per heavy atom. The van der Waals surface area contributed by atoms with Crippen molar-refractivity contribution in [1.29, 1.82) is 0 Å². The number of hydrogen-bond donors (Lipinski definition) is 4. The van der Waals surface area contributed by atoms with E-state index in [1.165, 1.54) is 103 Å². The first-order valence-corrected chi connectivity index (χ1v) is 19.4. The lowest BCUT2D eigenvalue weighted by Gasteiger charge is -2.62. The van der Waals surface area contributed by atoms with E-state index in [9.17, 15) is 5.11 Å².